The predicted molar refractivity (Wildman–Crippen MR) is 133 cm³/mol. The first-order chi connectivity index (χ1) is 16.2. The van der Waals surface area contributed by atoms with Gasteiger partial charge >= 0.3 is 0 Å². The molecule has 2 aromatic rings. The van der Waals surface area contributed by atoms with Gasteiger partial charge in [-0.3, -0.25) is 9.59 Å². The fourth-order valence-corrected chi connectivity index (χ4v) is 5.65. The van der Waals surface area contributed by atoms with E-state index in [1.807, 2.05) is 7.05 Å². The number of likely N-dealkylation sites (tertiary alicyclic amines) is 1. The molecule has 1 fully saturated rings. The average molecular weight is 509 g/mol. The Morgan fingerprint density at radius 1 is 1.03 bits per heavy atom. The second-order valence-electron chi connectivity index (χ2n) is 8.15. The van der Waals surface area contributed by atoms with E-state index in [0.29, 0.717) is 5.69 Å². The van der Waals surface area contributed by atoms with Gasteiger partial charge in [0.1, 0.15) is 5.82 Å². The van der Waals surface area contributed by atoms with Crippen molar-refractivity contribution in [2.45, 2.75) is 23.8 Å². The first-order valence-corrected chi connectivity index (χ1v) is 13.4. The van der Waals surface area contributed by atoms with Crippen molar-refractivity contribution in [3.8, 4) is 0 Å². The molecule has 0 bridgehead atoms. The van der Waals surface area contributed by atoms with Crippen LogP contribution in [-0.4, -0.2) is 74.2 Å². The number of piperidine rings is 1. The van der Waals surface area contributed by atoms with Crippen molar-refractivity contribution >= 4 is 45.0 Å². The molecule has 1 aliphatic rings. The molecule has 1 saturated heterocycles. The van der Waals surface area contributed by atoms with Crippen molar-refractivity contribution < 1.29 is 22.4 Å². The molecule has 0 saturated carbocycles. The maximum atomic E-state index is 13.6. The van der Waals surface area contributed by atoms with Crippen LogP contribution in [0, 0.1) is 5.82 Å². The summed E-state index contributed by atoms with van der Waals surface area (Å²) in [7, 11) is 0.00921. The third-order valence-electron chi connectivity index (χ3n) is 5.63. The Balaban J connectivity index is 1.46. The number of nitrogens with zero attached hydrogens (tertiary/aromatic N) is 2. The molecule has 2 N–H and O–H groups in total. The van der Waals surface area contributed by atoms with Gasteiger partial charge in [-0.1, -0.05) is 12.1 Å². The highest BCUT2D eigenvalue weighted by Gasteiger charge is 2.30. The van der Waals surface area contributed by atoms with Crippen molar-refractivity contribution in [3.63, 3.8) is 0 Å². The predicted octanol–water partition coefficient (Wildman–Crippen LogP) is 2.85. The van der Waals surface area contributed by atoms with Gasteiger partial charge < -0.3 is 15.5 Å². The largest absolute Gasteiger partial charge is 0.325 e. The van der Waals surface area contributed by atoms with E-state index in [0.717, 1.165) is 37.7 Å². The van der Waals surface area contributed by atoms with Crippen molar-refractivity contribution in [2.75, 3.05) is 49.3 Å². The Bertz CT molecular complexity index is 1100. The van der Waals surface area contributed by atoms with Gasteiger partial charge in [-0.15, -0.1) is 11.8 Å². The lowest BCUT2D eigenvalue weighted by Gasteiger charge is -2.34. The zero-order valence-electron chi connectivity index (χ0n) is 19.2. The van der Waals surface area contributed by atoms with Crippen LogP contribution >= 0.6 is 11.8 Å². The number of nitrogens with one attached hydrogen (secondary N) is 2. The summed E-state index contributed by atoms with van der Waals surface area (Å²) >= 11 is 1.09. The summed E-state index contributed by atoms with van der Waals surface area (Å²) in [5.74, 6) is -1.26. The topological polar surface area (TPSA) is 98.8 Å². The molecule has 2 aromatic carbocycles. The molecule has 0 spiro atoms. The molecule has 3 rings (SSSR count). The highest BCUT2D eigenvalue weighted by Crippen LogP contribution is 2.23. The minimum absolute atomic E-state index is 0.0117. The Kier molecular flexibility index (Phi) is 9.06. The van der Waals surface area contributed by atoms with Crippen LogP contribution in [-0.2, 0) is 19.6 Å². The van der Waals surface area contributed by atoms with Crippen LogP contribution in [0.4, 0.5) is 15.8 Å². The molecule has 2 amide bonds. The minimum atomic E-state index is -3.63. The Morgan fingerprint density at radius 3 is 2.24 bits per heavy atom. The first kappa shape index (κ1) is 26.1. The summed E-state index contributed by atoms with van der Waals surface area (Å²) in [6.45, 7) is 1.72. The smallest absolute Gasteiger partial charge is 0.243 e. The number of halogens is 1. The molecule has 11 heteroatoms. The summed E-state index contributed by atoms with van der Waals surface area (Å²) in [6.07, 6.45) is 1.58. The van der Waals surface area contributed by atoms with Crippen molar-refractivity contribution in [1.29, 1.82) is 0 Å². The summed E-state index contributed by atoms with van der Waals surface area (Å²) in [5.41, 5.74) is 0.552. The van der Waals surface area contributed by atoms with E-state index in [1.165, 1.54) is 34.6 Å². The number of anilines is 2. The van der Waals surface area contributed by atoms with Crippen LogP contribution < -0.4 is 10.6 Å². The third-order valence-corrected chi connectivity index (χ3v) is 8.49. The van der Waals surface area contributed by atoms with E-state index in [1.54, 1.807) is 25.2 Å². The van der Waals surface area contributed by atoms with Gasteiger partial charge in [0.2, 0.25) is 21.8 Å². The van der Waals surface area contributed by atoms with E-state index in [9.17, 15) is 22.4 Å². The fraction of sp³-hybridized carbons (Fsp3) is 0.391. The SMILES string of the molecule is CN1CCC(N(C)S(=O)(=O)c2ccc(NC(=O)CSCC(=O)Nc3ccccc3F)cc2)CC1. The van der Waals surface area contributed by atoms with Crippen LogP contribution in [0.15, 0.2) is 53.4 Å². The zero-order valence-corrected chi connectivity index (χ0v) is 20.8. The normalized spacial score (nSPS) is 15.3. The second-order valence-corrected chi connectivity index (χ2v) is 11.1. The molecule has 0 aromatic heterocycles. The van der Waals surface area contributed by atoms with E-state index in [2.05, 4.69) is 15.5 Å². The molecule has 1 heterocycles. The minimum Gasteiger partial charge on any atom is -0.325 e. The number of sulfonamides is 1. The Labute approximate surface area is 203 Å². The van der Waals surface area contributed by atoms with E-state index in [4.69, 9.17) is 0 Å². The van der Waals surface area contributed by atoms with Crippen LogP contribution in [0.1, 0.15) is 12.8 Å². The number of thioether (sulfide) groups is 1. The number of hydrogen-bond acceptors (Lipinski definition) is 6. The van der Waals surface area contributed by atoms with Gasteiger partial charge in [0.05, 0.1) is 22.1 Å². The van der Waals surface area contributed by atoms with Crippen LogP contribution in [0.2, 0.25) is 0 Å². The molecular formula is C23H29FN4O4S2. The highest BCUT2D eigenvalue weighted by molar-refractivity contribution is 8.00. The first-order valence-electron chi connectivity index (χ1n) is 10.9. The average Bonchev–Trinajstić information content (AvgIpc) is 2.81. The summed E-state index contributed by atoms with van der Waals surface area (Å²) in [4.78, 5) is 26.5. The van der Waals surface area contributed by atoms with Gasteiger partial charge in [-0.25, -0.2) is 12.8 Å². The van der Waals surface area contributed by atoms with Gasteiger partial charge in [0, 0.05) is 18.8 Å². The van der Waals surface area contributed by atoms with Crippen LogP contribution in [0.25, 0.3) is 0 Å². The number of para-hydroxylation sites is 1. The van der Waals surface area contributed by atoms with Gasteiger partial charge in [0.15, 0.2) is 0 Å². The Morgan fingerprint density at radius 2 is 1.62 bits per heavy atom. The number of benzene rings is 2. The fourth-order valence-electron chi connectivity index (χ4n) is 3.61. The lowest BCUT2D eigenvalue weighted by atomic mass is 10.1. The van der Waals surface area contributed by atoms with Crippen molar-refractivity contribution in [1.82, 2.24) is 9.21 Å². The number of carbonyl (C=O) groups excluding carboxylic acids is 2. The molecule has 34 heavy (non-hydrogen) atoms. The number of hydrogen-bond donors (Lipinski definition) is 2. The quantitative estimate of drug-likeness (QED) is 0.541. The maximum absolute atomic E-state index is 13.6. The third kappa shape index (κ3) is 7.02. The monoisotopic (exact) mass is 508 g/mol. The van der Waals surface area contributed by atoms with E-state index < -0.39 is 21.7 Å². The van der Waals surface area contributed by atoms with Gasteiger partial charge in [-0.05, 0) is 69.4 Å². The standard InChI is InChI=1S/C23H29FN4O4S2/c1-27-13-11-18(12-14-27)28(2)34(31,32)19-9-7-17(8-10-19)25-22(29)15-33-16-23(30)26-21-6-4-3-5-20(21)24/h3-10,18H,11-16H2,1-2H3,(H,25,29)(H,26,30). The highest BCUT2D eigenvalue weighted by atomic mass is 32.2. The maximum Gasteiger partial charge on any atom is 0.243 e. The summed E-state index contributed by atoms with van der Waals surface area (Å²) < 4.78 is 40.9. The van der Waals surface area contributed by atoms with Gasteiger partial charge in [0.25, 0.3) is 0 Å². The van der Waals surface area contributed by atoms with Crippen LogP contribution in [0.5, 0.6) is 0 Å². The summed E-state index contributed by atoms with van der Waals surface area (Å²) in [6, 6.07) is 11.9. The second kappa shape index (κ2) is 11.8. The lowest BCUT2D eigenvalue weighted by Crippen LogP contribution is -2.44. The number of rotatable bonds is 9. The molecule has 8 nitrogen and oxygen atoms in total. The zero-order chi connectivity index (χ0) is 24.7. The number of amides is 2. The number of carbonyl (C=O) groups is 2. The Hall–Kier alpha value is -2.47. The van der Waals surface area contributed by atoms with Crippen LogP contribution in [0.3, 0.4) is 0 Å². The summed E-state index contributed by atoms with van der Waals surface area (Å²) in [5, 5.41) is 5.14. The molecule has 0 unspecified atom stereocenters. The molecule has 0 aliphatic carbocycles. The lowest BCUT2D eigenvalue weighted by molar-refractivity contribution is -0.114. The van der Waals surface area contributed by atoms with E-state index >= 15 is 0 Å². The van der Waals surface area contributed by atoms with Crippen molar-refractivity contribution in [3.05, 3.63) is 54.3 Å². The molecular weight excluding hydrogens is 479 g/mol. The van der Waals surface area contributed by atoms with Crippen molar-refractivity contribution in [2.24, 2.45) is 0 Å². The molecule has 184 valence electrons. The molecule has 0 atom stereocenters. The van der Waals surface area contributed by atoms with E-state index in [-0.39, 0.29) is 34.0 Å². The van der Waals surface area contributed by atoms with Gasteiger partial charge in [-0.2, -0.15) is 4.31 Å². The molecule has 1 aliphatic heterocycles. The molecule has 0 radical (unpaired) electrons.